The summed E-state index contributed by atoms with van der Waals surface area (Å²) in [6, 6.07) is 8.12. The van der Waals surface area contributed by atoms with E-state index in [0.717, 1.165) is 30.6 Å². The van der Waals surface area contributed by atoms with Crippen LogP contribution in [0.25, 0.3) is 0 Å². The number of carbonyl (C=O) groups is 2. The van der Waals surface area contributed by atoms with E-state index in [9.17, 15) is 9.59 Å². The normalized spacial score (nSPS) is 16.3. The summed E-state index contributed by atoms with van der Waals surface area (Å²) in [5.74, 6) is 0.403. The second-order valence-electron chi connectivity index (χ2n) is 6.78. The first kappa shape index (κ1) is 19.8. The van der Waals surface area contributed by atoms with Crippen LogP contribution < -0.4 is 5.32 Å². The summed E-state index contributed by atoms with van der Waals surface area (Å²) in [4.78, 5) is 26.9. The van der Waals surface area contributed by atoms with Crippen LogP contribution in [-0.2, 0) is 9.59 Å². The highest BCUT2D eigenvalue weighted by molar-refractivity contribution is 8.01. The summed E-state index contributed by atoms with van der Waals surface area (Å²) in [6.45, 7) is 6.73. The lowest BCUT2D eigenvalue weighted by Gasteiger charge is -2.35. The second kappa shape index (κ2) is 9.85. The molecule has 1 aliphatic carbocycles. The molecule has 0 bridgehead atoms. The van der Waals surface area contributed by atoms with Crippen LogP contribution in [-0.4, -0.2) is 40.3 Å². The van der Waals surface area contributed by atoms with E-state index in [4.69, 9.17) is 0 Å². The summed E-state index contributed by atoms with van der Waals surface area (Å²) in [5.41, 5.74) is 1.96. The third-order valence-electron chi connectivity index (χ3n) is 4.79. The molecule has 1 saturated carbocycles. The van der Waals surface area contributed by atoms with E-state index in [1.165, 1.54) is 31.0 Å². The quantitative estimate of drug-likeness (QED) is 0.789. The Kier molecular flexibility index (Phi) is 7.82. The monoisotopic (exact) mass is 362 g/mol. The first-order chi connectivity index (χ1) is 12.0. The molecule has 1 atom stereocenters. The van der Waals surface area contributed by atoms with Crippen molar-refractivity contribution in [2.75, 3.05) is 17.6 Å². The van der Waals surface area contributed by atoms with Gasteiger partial charge in [-0.05, 0) is 45.7 Å². The van der Waals surface area contributed by atoms with Crippen molar-refractivity contribution in [2.45, 2.75) is 64.2 Å². The number of aryl methyl sites for hydroxylation is 1. The smallest absolute Gasteiger partial charge is 0.235 e. The Balaban J connectivity index is 1.81. The van der Waals surface area contributed by atoms with Crippen molar-refractivity contribution in [3.8, 4) is 0 Å². The van der Waals surface area contributed by atoms with Crippen LogP contribution >= 0.6 is 11.8 Å². The fraction of sp³-hybridized carbons (Fsp3) is 0.600. The molecule has 0 radical (unpaired) electrons. The minimum absolute atomic E-state index is 0.0609. The van der Waals surface area contributed by atoms with Gasteiger partial charge in [-0.15, -0.1) is 11.8 Å². The van der Waals surface area contributed by atoms with Gasteiger partial charge in [0.1, 0.15) is 0 Å². The number of nitrogens with zero attached hydrogens (tertiary/aromatic N) is 1. The van der Waals surface area contributed by atoms with Gasteiger partial charge in [0.15, 0.2) is 0 Å². The molecule has 1 unspecified atom stereocenters. The standard InChI is InChI=1S/C20H30N2O2S/c1-4-22(18-8-6-5-7-9-18)20(24)16(3)25-14-19(23)21-17-12-10-15(2)11-13-17/h10-13,16,18H,4-9,14H2,1-3H3,(H,21,23). The van der Waals surface area contributed by atoms with Crippen molar-refractivity contribution in [3.05, 3.63) is 29.8 Å². The number of benzene rings is 1. The van der Waals surface area contributed by atoms with Crippen molar-refractivity contribution in [3.63, 3.8) is 0 Å². The molecule has 4 nitrogen and oxygen atoms in total. The average molecular weight is 363 g/mol. The first-order valence-corrected chi connectivity index (χ1v) is 10.3. The van der Waals surface area contributed by atoms with Crippen LogP contribution in [0.3, 0.4) is 0 Å². The molecule has 1 aliphatic rings. The number of thioether (sulfide) groups is 1. The van der Waals surface area contributed by atoms with Crippen LogP contribution in [0.5, 0.6) is 0 Å². The molecule has 1 N–H and O–H groups in total. The van der Waals surface area contributed by atoms with Gasteiger partial charge in [0.05, 0.1) is 11.0 Å². The van der Waals surface area contributed by atoms with Gasteiger partial charge >= 0.3 is 0 Å². The van der Waals surface area contributed by atoms with Crippen LogP contribution in [0.1, 0.15) is 51.5 Å². The van der Waals surface area contributed by atoms with Crippen LogP contribution in [0.4, 0.5) is 5.69 Å². The number of nitrogens with one attached hydrogen (secondary N) is 1. The van der Waals surface area contributed by atoms with Crippen LogP contribution in [0.2, 0.25) is 0 Å². The van der Waals surface area contributed by atoms with E-state index < -0.39 is 0 Å². The zero-order valence-corrected chi connectivity index (χ0v) is 16.4. The molecule has 2 rings (SSSR count). The average Bonchev–Trinajstić information content (AvgIpc) is 2.63. The fourth-order valence-corrected chi connectivity index (χ4v) is 4.08. The van der Waals surface area contributed by atoms with E-state index in [-0.39, 0.29) is 17.1 Å². The minimum Gasteiger partial charge on any atom is -0.339 e. The maximum absolute atomic E-state index is 12.8. The molecule has 0 spiro atoms. The predicted molar refractivity (Wildman–Crippen MR) is 106 cm³/mol. The molecule has 0 saturated heterocycles. The number of hydrogen-bond acceptors (Lipinski definition) is 3. The first-order valence-electron chi connectivity index (χ1n) is 9.30. The lowest BCUT2D eigenvalue weighted by Crippen LogP contribution is -2.45. The summed E-state index contributed by atoms with van der Waals surface area (Å²) < 4.78 is 0. The number of hydrogen-bond donors (Lipinski definition) is 1. The largest absolute Gasteiger partial charge is 0.339 e. The predicted octanol–water partition coefficient (Wildman–Crippen LogP) is 4.24. The van der Waals surface area contributed by atoms with Gasteiger partial charge in [-0.25, -0.2) is 0 Å². The molecule has 0 aromatic heterocycles. The van der Waals surface area contributed by atoms with Gasteiger partial charge in [-0.2, -0.15) is 0 Å². The zero-order valence-electron chi connectivity index (χ0n) is 15.6. The number of anilines is 1. The van der Waals surface area contributed by atoms with Crippen molar-refractivity contribution in [1.82, 2.24) is 4.90 Å². The second-order valence-corrected chi connectivity index (χ2v) is 8.11. The Morgan fingerprint density at radius 3 is 2.44 bits per heavy atom. The third kappa shape index (κ3) is 6.07. The maximum Gasteiger partial charge on any atom is 0.235 e. The molecule has 1 aromatic rings. The molecule has 5 heteroatoms. The number of carbonyl (C=O) groups excluding carboxylic acids is 2. The molecule has 1 aromatic carbocycles. The SMILES string of the molecule is CCN(C(=O)C(C)SCC(=O)Nc1ccc(C)cc1)C1CCCCC1. The van der Waals surface area contributed by atoms with E-state index >= 15 is 0 Å². The van der Waals surface area contributed by atoms with Gasteiger partial charge < -0.3 is 10.2 Å². The highest BCUT2D eigenvalue weighted by atomic mass is 32.2. The van der Waals surface area contributed by atoms with E-state index in [1.807, 2.05) is 49.9 Å². The Morgan fingerprint density at radius 1 is 1.20 bits per heavy atom. The van der Waals surface area contributed by atoms with Crippen LogP contribution in [0.15, 0.2) is 24.3 Å². The number of rotatable bonds is 7. The molecule has 1 fully saturated rings. The summed E-state index contributed by atoms with van der Waals surface area (Å²) in [5, 5.41) is 2.70. The van der Waals surface area contributed by atoms with Gasteiger partial charge in [0.25, 0.3) is 0 Å². The van der Waals surface area contributed by atoms with Crippen molar-refractivity contribution < 1.29 is 9.59 Å². The molecule has 2 amide bonds. The lowest BCUT2D eigenvalue weighted by molar-refractivity contribution is -0.133. The Morgan fingerprint density at radius 2 is 1.84 bits per heavy atom. The topological polar surface area (TPSA) is 49.4 Å². The van der Waals surface area contributed by atoms with E-state index in [2.05, 4.69) is 5.32 Å². The van der Waals surface area contributed by atoms with Crippen molar-refractivity contribution >= 4 is 29.3 Å². The van der Waals surface area contributed by atoms with E-state index in [1.54, 1.807) is 0 Å². The zero-order chi connectivity index (χ0) is 18.2. The summed E-state index contributed by atoms with van der Waals surface area (Å²) in [6.07, 6.45) is 5.95. The van der Waals surface area contributed by atoms with Gasteiger partial charge in [0.2, 0.25) is 11.8 Å². The lowest BCUT2D eigenvalue weighted by atomic mass is 9.94. The Labute approximate surface area is 155 Å². The molecular formula is C20H30N2O2S. The molecule has 25 heavy (non-hydrogen) atoms. The van der Waals surface area contributed by atoms with E-state index in [0.29, 0.717) is 11.8 Å². The highest BCUT2D eigenvalue weighted by Gasteiger charge is 2.27. The van der Waals surface area contributed by atoms with Crippen LogP contribution in [0, 0.1) is 6.92 Å². The third-order valence-corrected chi connectivity index (χ3v) is 5.92. The molecule has 138 valence electrons. The highest BCUT2D eigenvalue weighted by Crippen LogP contribution is 2.25. The minimum atomic E-state index is -0.189. The molecule has 0 heterocycles. The summed E-state index contributed by atoms with van der Waals surface area (Å²) in [7, 11) is 0. The summed E-state index contributed by atoms with van der Waals surface area (Å²) >= 11 is 1.42. The Hall–Kier alpha value is -1.49. The Bertz CT molecular complexity index is 568. The maximum atomic E-state index is 12.8. The van der Waals surface area contributed by atoms with Gasteiger partial charge in [-0.1, -0.05) is 37.0 Å². The van der Waals surface area contributed by atoms with Crippen molar-refractivity contribution in [2.24, 2.45) is 0 Å². The molecule has 0 aliphatic heterocycles. The van der Waals surface area contributed by atoms with Gasteiger partial charge in [-0.3, -0.25) is 9.59 Å². The van der Waals surface area contributed by atoms with Gasteiger partial charge in [0, 0.05) is 18.3 Å². The molecular weight excluding hydrogens is 332 g/mol. The van der Waals surface area contributed by atoms with Crippen molar-refractivity contribution in [1.29, 1.82) is 0 Å². The number of amides is 2. The fourth-order valence-electron chi connectivity index (χ4n) is 3.33.